The number of nitrogens with zero attached hydrogens (tertiary/aromatic N) is 2. The van der Waals surface area contributed by atoms with Gasteiger partial charge >= 0.3 is 0 Å². The Labute approximate surface area is 103 Å². The van der Waals surface area contributed by atoms with Crippen molar-refractivity contribution >= 4 is 17.4 Å². The third kappa shape index (κ3) is 3.19. The van der Waals surface area contributed by atoms with Gasteiger partial charge in [-0.05, 0) is 25.0 Å². The van der Waals surface area contributed by atoms with E-state index in [4.69, 9.17) is 0 Å². The predicted octanol–water partition coefficient (Wildman–Crippen LogP) is 2.52. The summed E-state index contributed by atoms with van der Waals surface area (Å²) in [4.78, 5) is 18.0. The van der Waals surface area contributed by atoms with E-state index < -0.39 is 0 Å². The first-order valence-corrected chi connectivity index (χ1v) is 6.05. The number of hydrogen-bond acceptors (Lipinski definition) is 3. The van der Waals surface area contributed by atoms with Crippen LogP contribution in [-0.4, -0.2) is 25.0 Å². The van der Waals surface area contributed by atoms with Crippen molar-refractivity contribution in [1.29, 1.82) is 0 Å². The number of anilines is 2. The lowest BCUT2D eigenvalue weighted by atomic mass is 10.0. The predicted molar refractivity (Wildman–Crippen MR) is 71.3 cm³/mol. The van der Waals surface area contributed by atoms with Crippen LogP contribution in [0, 0.1) is 5.92 Å². The van der Waals surface area contributed by atoms with Gasteiger partial charge in [-0.25, -0.2) is 4.98 Å². The lowest BCUT2D eigenvalue weighted by Crippen LogP contribution is -2.32. The molecule has 1 aromatic heterocycles. The molecule has 17 heavy (non-hydrogen) atoms. The van der Waals surface area contributed by atoms with Crippen molar-refractivity contribution in [3.63, 3.8) is 0 Å². The summed E-state index contributed by atoms with van der Waals surface area (Å²) >= 11 is 0. The van der Waals surface area contributed by atoms with E-state index in [2.05, 4.69) is 10.3 Å². The van der Waals surface area contributed by atoms with E-state index in [1.807, 2.05) is 33.0 Å². The Balaban J connectivity index is 2.80. The highest BCUT2D eigenvalue weighted by atomic mass is 16.2. The van der Waals surface area contributed by atoms with Crippen LogP contribution in [0.3, 0.4) is 0 Å². The first-order chi connectivity index (χ1) is 8.13. The van der Waals surface area contributed by atoms with Gasteiger partial charge in [-0.3, -0.25) is 4.79 Å². The highest BCUT2D eigenvalue weighted by Crippen LogP contribution is 2.18. The molecule has 1 heterocycles. The average Bonchev–Trinajstić information content (AvgIpc) is 2.39. The molecule has 0 saturated carbocycles. The second-order valence-electron chi connectivity index (χ2n) is 4.06. The molecule has 4 heteroatoms. The van der Waals surface area contributed by atoms with E-state index >= 15 is 0 Å². The fourth-order valence-electron chi connectivity index (χ4n) is 1.77. The topological polar surface area (TPSA) is 45.2 Å². The molecule has 1 amide bonds. The number of carbonyl (C=O) groups is 1. The molecule has 0 aliphatic heterocycles. The van der Waals surface area contributed by atoms with Crippen LogP contribution in [0.5, 0.6) is 0 Å². The molecule has 0 aliphatic rings. The highest BCUT2D eigenvalue weighted by molar-refractivity contribution is 5.94. The Kier molecular flexibility index (Phi) is 4.94. The van der Waals surface area contributed by atoms with Crippen LogP contribution in [-0.2, 0) is 4.79 Å². The van der Waals surface area contributed by atoms with Gasteiger partial charge in [0.1, 0.15) is 5.82 Å². The third-order valence-electron chi connectivity index (χ3n) is 3.06. The standard InChI is InChI=1S/C13H21N3O/c1-5-10(6-2)13(17)16(4)11-7-8-12(14-3)15-9-11/h7-10H,5-6H2,1-4H3,(H,14,15). The van der Waals surface area contributed by atoms with E-state index in [1.165, 1.54) is 0 Å². The SMILES string of the molecule is CCC(CC)C(=O)N(C)c1ccc(NC)nc1. The number of carbonyl (C=O) groups excluding carboxylic acids is 1. The number of amides is 1. The van der Waals surface area contributed by atoms with Crippen LogP contribution in [0.2, 0.25) is 0 Å². The maximum absolute atomic E-state index is 12.1. The quantitative estimate of drug-likeness (QED) is 0.853. The molecule has 1 aromatic rings. The van der Waals surface area contributed by atoms with Crippen molar-refractivity contribution in [3.8, 4) is 0 Å². The maximum atomic E-state index is 12.1. The summed E-state index contributed by atoms with van der Waals surface area (Å²) in [6.45, 7) is 4.09. The summed E-state index contributed by atoms with van der Waals surface area (Å²) < 4.78 is 0. The van der Waals surface area contributed by atoms with Gasteiger partial charge in [0.25, 0.3) is 0 Å². The fraction of sp³-hybridized carbons (Fsp3) is 0.538. The van der Waals surface area contributed by atoms with Gasteiger partial charge in [0, 0.05) is 20.0 Å². The van der Waals surface area contributed by atoms with Gasteiger partial charge in [-0.1, -0.05) is 13.8 Å². The van der Waals surface area contributed by atoms with Crippen molar-refractivity contribution in [2.45, 2.75) is 26.7 Å². The van der Waals surface area contributed by atoms with Crippen LogP contribution in [0.1, 0.15) is 26.7 Å². The van der Waals surface area contributed by atoms with E-state index in [0.717, 1.165) is 24.3 Å². The zero-order valence-electron chi connectivity index (χ0n) is 11.0. The van der Waals surface area contributed by atoms with Crippen LogP contribution in [0.25, 0.3) is 0 Å². The number of rotatable bonds is 5. The summed E-state index contributed by atoms with van der Waals surface area (Å²) in [6, 6.07) is 3.77. The van der Waals surface area contributed by atoms with Crippen molar-refractivity contribution in [2.75, 3.05) is 24.3 Å². The molecule has 94 valence electrons. The molecule has 0 aliphatic carbocycles. The summed E-state index contributed by atoms with van der Waals surface area (Å²) in [6.07, 6.45) is 3.47. The van der Waals surface area contributed by atoms with Gasteiger partial charge in [-0.2, -0.15) is 0 Å². The molecule has 0 fully saturated rings. The van der Waals surface area contributed by atoms with E-state index in [9.17, 15) is 4.79 Å². The minimum absolute atomic E-state index is 0.101. The van der Waals surface area contributed by atoms with Crippen molar-refractivity contribution in [2.24, 2.45) is 5.92 Å². The summed E-state index contributed by atoms with van der Waals surface area (Å²) in [7, 11) is 3.62. The molecule has 0 bridgehead atoms. The Hall–Kier alpha value is -1.58. The lowest BCUT2D eigenvalue weighted by molar-refractivity contribution is -0.122. The molecule has 0 atom stereocenters. The number of aromatic nitrogens is 1. The Morgan fingerprint density at radius 3 is 2.47 bits per heavy atom. The molecule has 1 rings (SSSR count). The normalized spacial score (nSPS) is 10.4. The molecule has 4 nitrogen and oxygen atoms in total. The minimum Gasteiger partial charge on any atom is -0.373 e. The zero-order valence-corrected chi connectivity index (χ0v) is 11.0. The zero-order chi connectivity index (χ0) is 12.8. The van der Waals surface area contributed by atoms with E-state index in [0.29, 0.717) is 0 Å². The number of hydrogen-bond donors (Lipinski definition) is 1. The molecule has 0 unspecified atom stereocenters. The lowest BCUT2D eigenvalue weighted by Gasteiger charge is -2.22. The Morgan fingerprint density at radius 2 is 2.06 bits per heavy atom. The maximum Gasteiger partial charge on any atom is 0.229 e. The first kappa shape index (κ1) is 13.5. The molecular formula is C13H21N3O. The molecule has 1 N–H and O–H groups in total. The Bertz CT molecular complexity index is 357. The third-order valence-corrected chi connectivity index (χ3v) is 3.06. The van der Waals surface area contributed by atoms with Gasteiger partial charge < -0.3 is 10.2 Å². The second-order valence-corrected chi connectivity index (χ2v) is 4.06. The summed E-state index contributed by atoms with van der Waals surface area (Å²) in [5, 5.41) is 2.95. The van der Waals surface area contributed by atoms with E-state index in [-0.39, 0.29) is 11.8 Å². The minimum atomic E-state index is 0.101. The van der Waals surface area contributed by atoms with Gasteiger partial charge in [0.05, 0.1) is 11.9 Å². The van der Waals surface area contributed by atoms with Crippen LogP contribution >= 0.6 is 0 Å². The van der Waals surface area contributed by atoms with Gasteiger partial charge in [-0.15, -0.1) is 0 Å². The average molecular weight is 235 g/mol. The number of pyridine rings is 1. The molecule has 0 radical (unpaired) electrons. The first-order valence-electron chi connectivity index (χ1n) is 6.05. The van der Waals surface area contributed by atoms with E-state index in [1.54, 1.807) is 18.1 Å². The smallest absolute Gasteiger partial charge is 0.229 e. The van der Waals surface area contributed by atoms with Crippen LogP contribution in [0.15, 0.2) is 18.3 Å². The summed E-state index contributed by atoms with van der Waals surface area (Å²) in [5.74, 6) is 1.06. The monoisotopic (exact) mass is 235 g/mol. The molecular weight excluding hydrogens is 214 g/mol. The van der Waals surface area contributed by atoms with Crippen molar-refractivity contribution < 1.29 is 4.79 Å². The molecule has 0 saturated heterocycles. The highest BCUT2D eigenvalue weighted by Gasteiger charge is 2.19. The van der Waals surface area contributed by atoms with Crippen LogP contribution < -0.4 is 10.2 Å². The van der Waals surface area contributed by atoms with Crippen molar-refractivity contribution in [3.05, 3.63) is 18.3 Å². The van der Waals surface area contributed by atoms with Crippen LogP contribution in [0.4, 0.5) is 11.5 Å². The number of nitrogens with one attached hydrogen (secondary N) is 1. The second kappa shape index (κ2) is 6.23. The molecule has 0 aromatic carbocycles. The Morgan fingerprint density at radius 1 is 1.41 bits per heavy atom. The largest absolute Gasteiger partial charge is 0.373 e. The van der Waals surface area contributed by atoms with Gasteiger partial charge in [0.15, 0.2) is 0 Å². The molecule has 0 spiro atoms. The van der Waals surface area contributed by atoms with Gasteiger partial charge in [0.2, 0.25) is 5.91 Å². The summed E-state index contributed by atoms with van der Waals surface area (Å²) in [5.41, 5.74) is 0.834. The fourth-order valence-corrected chi connectivity index (χ4v) is 1.77. The van der Waals surface area contributed by atoms with Crippen molar-refractivity contribution in [1.82, 2.24) is 4.98 Å².